The molecule has 0 spiro atoms. The normalized spacial score (nSPS) is 15.4. The number of thiocarbonyl (C=S) groups is 1. The van der Waals surface area contributed by atoms with E-state index in [1.54, 1.807) is 0 Å². The lowest BCUT2D eigenvalue weighted by atomic mass is 10.1. The van der Waals surface area contributed by atoms with Crippen molar-refractivity contribution in [2.75, 3.05) is 6.54 Å². The van der Waals surface area contributed by atoms with Gasteiger partial charge in [0, 0.05) is 24.6 Å². The summed E-state index contributed by atoms with van der Waals surface area (Å²) in [6.45, 7) is 0.633. The van der Waals surface area contributed by atoms with Crippen molar-refractivity contribution in [3.05, 3.63) is 35.9 Å². The van der Waals surface area contributed by atoms with E-state index in [1.807, 2.05) is 35.2 Å². The molecule has 102 valence electrons. The highest BCUT2D eigenvalue weighted by Gasteiger charge is 2.27. The minimum Gasteiger partial charge on any atom is -0.393 e. The Labute approximate surface area is 119 Å². The quantitative estimate of drug-likeness (QED) is 0.841. The SMILES string of the molecule is NC(=S)CCN(C(=O)c1ccccc1)C1CCCC1. The second-order valence-electron chi connectivity index (χ2n) is 5.02. The second-order valence-corrected chi connectivity index (χ2v) is 5.54. The molecule has 1 aliphatic carbocycles. The maximum atomic E-state index is 12.6. The molecule has 0 atom stereocenters. The number of hydrogen-bond donors (Lipinski definition) is 1. The predicted molar refractivity (Wildman–Crippen MR) is 81.1 cm³/mol. The van der Waals surface area contributed by atoms with Crippen LogP contribution in [0.25, 0.3) is 0 Å². The summed E-state index contributed by atoms with van der Waals surface area (Å²) in [5, 5.41) is 0. The van der Waals surface area contributed by atoms with E-state index in [9.17, 15) is 4.79 Å². The van der Waals surface area contributed by atoms with E-state index in [2.05, 4.69) is 0 Å². The molecule has 0 aliphatic heterocycles. The van der Waals surface area contributed by atoms with Crippen LogP contribution >= 0.6 is 12.2 Å². The Balaban J connectivity index is 2.11. The Morgan fingerprint density at radius 1 is 1.26 bits per heavy atom. The molecule has 0 aromatic heterocycles. The lowest BCUT2D eigenvalue weighted by molar-refractivity contribution is 0.0688. The first-order valence-electron chi connectivity index (χ1n) is 6.83. The fourth-order valence-corrected chi connectivity index (χ4v) is 2.73. The van der Waals surface area contributed by atoms with Crippen molar-refractivity contribution < 1.29 is 4.79 Å². The molecule has 1 saturated carbocycles. The summed E-state index contributed by atoms with van der Waals surface area (Å²) in [7, 11) is 0. The molecule has 0 unspecified atom stereocenters. The van der Waals surface area contributed by atoms with Crippen molar-refractivity contribution in [3.63, 3.8) is 0 Å². The van der Waals surface area contributed by atoms with Gasteiger partial charge in [-0.3, -0.25) is 4.79 Å². The van der Waals surface area contributed by atoms with Crippen LogP contribution in [0.1, 0.15) is 42.5 Å². The molecule has 2 N–H and O–H groups in total. The number of carbonyl (C=O) groups is 1. The van der Waals surface area contributed by atoms with E-state index in [0.717, 1.165) is 18.4 Å². The van der Waals surface area contributed by atoms with Crippen LogP contribution in [0, 0.1) is 0 Å². The molecular weight excluding hydrogens is 256 g/mol. The zero-order valence-electron chi connectivity index (χ0n) is 11.0. The van der Waals surface area contributed by atoms with Gasteiger partial charge in [0.1, 0.15) is 0 Å². The van der Waals surface area contributed by atoms with Gasteiger partial charge in [0.15, 0.2) is 0 Å². The van der Waals surface area contributed by atoms with E-state index in [1.165, 1.54) is 12.8 Å². The molecule has 3 nitrogen and oxygen atoms in total. The number of nitrogens with zero attached hydrogens (tertiary/aromatic N) is 1. The van der Waals surface area contributed by atoms with Gasteiger partial charge in [0.2, 0.25) is 0 Å². The lowest BCUT2D eigenvalue weighted by Crippen LogP contribution is -2.40. The van der Waals surface area contributed by atoms with Gasteiger partial charge in [-0.25, -0.2) is 0 Å². The van der Waals surface area contributed by atoms with E-state index < -0.39 is 0 Å². The molecule has 0 radical (unpaired) electrons. The summed E-state index contributed by atoms with van der Waals surface area (Å²) in [6, 6.07) is 9.80. The Bertz CT molecular complexity index is 441. The van der Waals surface area contributed by atoms with Crippen molar-refractivity contribution in [1.82, 2.24) is 4.90 Å². The van der Waals surface area contributed by atoms with Crippen LogP contribution in [-0.4, -0.2) is 28.4 Å². The molecule has 1 fully saturated rings. The van der Waals surface area contributed by atoms with Gasteiger partial charge < -0.3 is 10.6 Å². The molecular formula is C15H20N2OS. The minimum absolute atomic E-state index is 0.101. The minimum atomic E-state index is 0.101. The highest BCUT2D eigenvalue weighted by atomic mass is 32.1. The molecule has 4 heteroatoms. The third kappa shape index (κ3) is 3.77. The number of hydrogen-bond acceptors (Lipinski definition) is 2. The van der Waals surface area contributed by atoms with Gasteiger partial charge in [0.05, 0.1) is 4.99 Å². The van der Waals surface area contributed by atoms with Gasteiger partial charge in [-0.1, -0.05) is 43.3 Å². The van der Waals surface area contributed by atoms with E-state index in [4.69, 9.17) is 18.0 Å². The van der Waals surface area contributed by atoms with E-state index >= 15 is 0 Å². The summed E-state index contributed by atoms with van der Waals surface area (Å²) in [6.07, 6.45) is 5.20. The summed E-state index contributed by atoms with van der Waals surface area (Å²) >= 11 is 4.93. The molecule has 1 aromatic rings. The monoisotopic (exact) mass is 276 g/mol. The largest absolute Gasteiger partial charge is 0.393 e. The molecule has 1 amide bonds. The summed E-state index contributed by atoms with van der Waals surface area (Å²) < 4.78 is 0. The van der Waals surface area contributed by atoms with Crippen LogP contribution in [0.4, 0.5) is 0 Å². The van der Waals surface area contributed by atoms with Gasteiger partial charge in [-0.05, 0) is 25.0 Å². The fraction of sp³-hybridized carbons (Fsp3) is 0.467. The van der Waals surface area contributed by atoms with Crippen LogP contribution < -0.4 is 5.73 Å². The highest BCUT2D eigenvalue weighted by molar-refractivity contribution is 7.80. The van der Waals surface area contributed by atoms with Crippen molar-refractivity contribution in [2.24, 2.45) is 5.73 Å². The molecule has 1 aromatic carbocycles. The Morgan fingerprint density at radius 2 is 1.89 bits per heavy atom. The van der Waals surface area contributed by atoms with Crippen molar-refractivity contribution >= 4 is 23.1 Å². The number of rotatable bonds is 5. The van der Waals surface area contributed by atoms with Gasteiger partial charge in [-0.15, -0.1) is 0 Å². The smallest absolute Gasteiger partial charge is 0.254 e. The Kier molecular flexibility index (Phi) is 4.91. The standard InChI is InChI=1S/C15H20N2OS/c16-14(19)10-11-17(13-8-4-5-9-13)15(18)12-6-2-1-3-7-12/h1-3,6-7,13H,4-5,8-11H2,(H2,16,19). The van der Waals surface area contributed by atoms with Crippen LogP contribution in [0.15, 0.2) is 30.3 Å². The maximum absolute atomic E-state index is 12.6. The van der Waals surface area contributed by atoms with Crippen LogP contribution in [-0.2, 0) is 0 Å². The second kappa shape index (κ2) is 6.66. The van der Waals surface area contributed by atoms with E-state index in [0.29, 0.717) is 24.0 Å². The number of amides is 1. The Hall–Kier alpha value is -1.42. The molecule has 1 aliphatic rings. The van der Waals surface area contributed by atoms with E-state index in [-0.39, 0.29) is 5.91 Å². The van der Waals surface area contributed by atoms with Crippen molar-refractivity contribution in [1.29, 1.82) is 0 Å². The van der Waals surface area contributed by atoms with Crippen LogP contribution in [0.2, 0.25) is 0 Å². The van der Waals surface area contributed by atoms with Gasteiger partial charge in [0.25, 0.3) is 5.91 Å². The fourth-order valence-electron chi connectivity index (χ4n) is 2.64. The average molecular weight is 276 g/mol. The zero-order chi connectivity index (χ0) is 13.7. The first-order chi connectivity index (χ1) is 9.18. The Morgan fingerprint density at radius 3 is 2.47 bits per heavy atom. The number of carbonyl (C=O) groups excluding carboxylic acids is 1. The average Bonchev–Trinajstić information content (AvgIpc) is 2.93. The highest BCUT2D eigenvalue weighted by Crippen LogP contribution is 2.25. The predicted octanol–water partition coefficient (Wildman–Crippen LogP) is 2.75. The number of benzene rings is 1. The third-order valence-electron chi connectivity index (χ3n) is 3.65. The molecule has 0 bridgehead atoms. The van der Waals surface area contributed by atoms with Crippen molar-refractivity contribution in [3.8, 4) is 0 Å². The van der Waals surface area contributed by atoms with Crippen molar-refractivity contribution in [2.45, 2.75) is 38.1 Å². The first-order valence-corrected chi connectivity index (χ1v) is 7.23. The summed E-state index contributed by atoms with van der Waals surface area (Å²) in [4.78, 5) is 15.0. The summed E-state index contributed by atoms with van der Waals surface area (Å²) in [5.74, 6) is 0.101. The van der Waals surface area contributed by atoms with Gasteiger partial charge in [-0.2, -0.15) is 0 Å². The maximum Gasteiger partial charge on any atom is 0.254 e. The molecule has 0 saturated heterocycles. The van der Waals surface area contributed by atoms with Crippen LogP contribution in [0.5, 0.6) is 0 Å². The lowest BCUT2D eigenvalue weighted by Gasteiger charge is -2.29. The topological polar surface area (TPSA) is 46.3 Å². The molecule has 19 heavy (non-hydrogen) atoms. The first kappa shape index (κ1) is 14.0. The summed E-state index contributed by atoms with van der Waals surface area (Å²) in [5.41, 5.74) is 6.32. The van der Waals surface area contributed by atoms with Crippen LogP contribution in [0.3, 0.4) is 0 Å². The third-order valence-corrected chi connectivity index (χ3v) is 3.85. The molecule has 2 rings (SSSR count). The zero-order valence-corrected chi connectivity index (χ0v) is 11.9. The van der Waals surface area contributed by atoms with Gasteiger partial charge >= 0.3 is 0 Å². The number of nitrogens with two attached hydrogens (primary N) is 1. The molecule has 0 heterocycles.